The Morgan fingerprint density at radius 1 is 0.598 bits per heavy atom. The minimum atomic E-state index is -1.76. The monoisotopic (exact) mass is 1260 g/mol. The van der Waals surface area contributed by atoms with Crippen LogP contribution in [0.25, 0.3) is 0 Å². The number of carbonyl (C=O) groups excluding carboxylic acids is 9. The molecule has 0 spiro atoms. The Bertz CT molecular complexity index is 2930. The van der Waals surface area contributed by atoms with Gasteiger partial charge in [0.05, 0.1) is 18.2 Å². The van der Waals surface area contributed by atoms with E-state index in [1.807, 2.05) is 0 Å². The fourth-order valence-electron chi connectivity index (χ4n) is 9.00. The van der Waals surface area contributed by atoms with Crippen molar-refractivity contribution in [2.45, 2.75) is 138 Å². The number of aliphatic hydroxyl groups excluding tert-OH is 1. The highest BCUT2D eigenvalue weighted by molar-refractivity contribution is 8.76. The lowest BCUT2D eigenvalue weighted by atomic mass is 10.0. The van der Waals surface area contributed by atoms with E-state index in [4.69, 9.17) is 40.3 Å². The van der Waals surface area contributed by atoms with Crippen LogP contribution < -0.4 is 71.2 Å². The van der Waals surface area contributed by atoms with Crippen molar-refractivity contribution < 1.29 is 58.5 Å². The predicted octanol–water partition coefficient (Wildman–Crippen LogP) is -0.0823. The molecule has 5 rings (SSSR count). The highest BCUT2D eigenvalue weighted by atomic mass is 35.5. The Labute approximate surface area is 517 Å². The van der Waals surface area contributed by atoms with Crippen molar-refractivity contribution in [2.24, 2.45) is 28.7 Å². The summed E-state index contributed by atoms with van der Waals surface area (Å²) < 4.78 is 0. The Hall–Kier alpha value is -7.50. The van der Waals surface area contributed by atoms with Crippen molar-refractivity contribution in [1.82, 2.24) is 37.2 Å². The zero-order valence-electron chi connectivity index (χ0n) is 48.2. The molecule has 10 atom stereocenters. The number of amides is 9. The van der Waals surface area contributed by atoms with Gasteiger partial charge in [-0.25, -0.2) is 0 Å². The number of benzene rings is 4. The third-order valence-electron chi connectivity index (χ3n) is 14.1. The van der Waals surface area contributed by atoms with Gasteiger partial charge in [-0.2, -0.15) is 0 Å². The number of unbranched alkanes of at least 4 members (excludes halogenated alkanes) is 3. The summed E-state index contributed by atoms with van der Waals surface area (Å²) in [5.41, 5.74) is 32.1. The third-order valence-corrected chi connectivity index (χ3v) is 16.7. The molecule has 0 radical (unpaired) electrons. The largest absolute Gasteiger partial charge is 0.508 e. The quantitative estimate of drug-likeness (QED) is 0.0305. The van der Waals surface area contributed by atoms with Gasteiger partial charge in [-0.05, 0) is 123 Å². The molecule has 1 fully saturated rings. The Morgan fingerprint density at radius 3 is 1.68 bits per heavy atom. The first kappa shape index (κ1) is 70.3. The lowest BCUT2D eigenvalue weighted by Gasteiger charge is -2.29. The fraction of sp³-hybridized carbons (Fsp3) is 0.441. The second-order valence-corrected chi connectivity index (χ2v) is 24.2. The average molecular weight is 1260 g/mol. The molecule has 4 aromatic rings. The van der Waals surface area contributed by atoms with Crippen LogP contribution in [0.15, 0.2) is 97.1 Å². The number of halogens is 1. The summed E-state index contributed by atoms with van der Waals surface area (Å²) in [5.74, 6) is -8.46. The summed E-state index contributed by atoms with van der Waals surface area (Å²) in [5, 5.41) is 52.9. The second kappa shape index (κ2) is 36.0. The minimum absolute atomic E-state index is 0.0215. The van der Waals surface area contributed by atoms with Crippen LogP contribution >= 0.6 is 33.2 Å². The number of phenols is 2. The first-order valence-corrected chi connectivity index (χ1v) is 31.4. The molecule has 21 N–H and O–H groups in total. The van der Waals surface area contributed by atoms with Gasteiger partial charge in [-0.3, -0.25) is 43.2 Å². The highest BCUT2D eigenvalue weighted by Gasteiger charge is 2.37. The maximum atomic E-state index is 14.9. The molecule has 1 saturated heterocycles. The van der Waals surface area contributed by atoms with Gasteiger partial charge in [0, 0.05) is 41.5 Å². The number of aliphatic hydroxyl groups is 1. The molecule has 0 aliphatic carbocycles. The van der Waals surface area contributed by atoms with Gasteiger partial charge in [-0.1, -0.05) is 101 Å². The molecule has 9 amide bonds. The first-order valence-electron chi connectivity index (χ1n) is 28.5. The van der Waals surface area contributed by atoms with E-state index in [2.05, 4.69) is 42.5 Å². The summed E-state index contributed by atoms with van der Waals surface area (Å²) in [7, 11) is 1.91. The average Bonchev–Trinajstić information content (AvgIpc) is 3.68. The number of hydrogen-bond acceptors (Lipinski definition) is 18. The van der Waals surface area contributed by atoms with Crippen molar-refractivity contribution in [2.75, 3.05) is 29.9 Å². The molecule has 0 unspecified atom stereocenters. The molecule has 1 aliphatic heterocycles. The van der Waals surface area contributed by atoms with Crippen LogP contribution in [0.3, 0.4) is 0 Å². The van der Waals surface area contributed by atoms with E-state index >= 15 is 0 Å². The summed E-state index contributed by atoms with van der Waals surface area (Å²) in [6, 6.07) is 11.9. The number of carbonyl (C=O) groups is 9. The van der Waals surface area contributed by atoms with Gasteiger partial charge in [0.2, 0.25) is 53.2 Å². The zero-order chi connectivity index (χ0) is 63.6. The van der Waals surface area contributed by atoms with Crippen LogP contribution in [0.2, 0.25) is 5.02 Å². The lowest BCUT2D eigenvalue weighted by molar-refractivity contribution is -0.136. The molecule has 87 heavy (non-hydrogen) atoms. The van der Waals surface area contributed by atoms with Crippen LogP contribution in [0.4, 0.5) is 5.69 Å². The molecular formula is C59H80ClN13O12S2. The molecule has 472 valence electrons. The second-order valence-electron chi connectivity index (χ2n) is 21.2. The summed E-state index contributed by atoms with van der Waals surface area (Å²) in [6.45, 7) is 1.99. The molecule has 1 aliphatic rings. The van der Waals surface area contributed by atoms with E-state index in [1.54, 1.807) is 48.5 Å². The Balaban J connectivity index is 1.58. The normalized spacial score (nSPS) is 20.6. The van der Waals surface area contributed by atoms with E-state index in [9.17, 15) is 58.5 Å². The van der Waals surface area contributed by atoms with Gasteiger partial charge in [-0.15, -0.1) is 0 Å². The molecule has 4 aromatic carbocycles. The predicted molar refractivity (Wildman–Crippen MR) is 333 cm³/mol. The van der Waals surface area contributed by atoms with E-state index < -0.39 is 114 Å². The molecule has 1 heterocycles. The molecule has 0 saturated carbocycles. The smallest absolute Gasteiger partial charge is 0.245 e. The van der Waals surface area contributed by atoms with Crippen molar-refractivity contribution in [1.29, 1.82) is 0 Å². The molecular weight excluding hydrogens is 1180 g/mol. The van der Waals surface area contributed by atoms with E-state index in [0.717, 1.165) is 21.6 Å². The standard InChI is InChI=1S/C59H80ClN13O12S2/c1-33(74)50-59(85)72-49(57(83)68-45(51(65)77)28-36-13-21-40(75)22-14-36)32-87-86-31-48(71-53(79)43(64)27-34-9-17-38(60)18-10-34)58(84)70-47(30-37-15-23-41(76)24-16-37)56(82)69-46(55(81)67-44(54(80)73-50)8-3-2-5-25-61)29-35-11-19-39(20-12-35)66-52(78)42(63)7-4-6-26-62/h9-24,33,42-50,74-76H,2-8,25-32,61-64H2,1H3,(H2,65,77)(H,66,78)(H,67,81)(H,68,83)(H,69,82)(H,70,84)(H,71,79)(H,72,85)(H,73,80)/t33-,42+,43+,44+,45-,46-,47+,48-,49+,50+/m1/s1. The maximum Gasteiger partial charge on any atom is 0.245 e. The number of aromatic hydroxyl groups is 2. The van der Waals surface area contributed by atoms with Crippen molar-refractivity contribution in [3.8, 4) is 11.5 Å². The number of anilines is 1. The number of nitrogens with two attached hydrogens (primary N) is 5. The molecule has 0 bridgehead atoms. The van der Waals surface area contributed by atoms with Crippen LogP contribution in [0.1, 0.15) is 74.1 Å². The summed E-state index contributed by atoms with van der Waals surface area (Å²) >= 11 is 6.09. The van der Waals surface area contributed by atoms with E-state index in [-0.39, 0.29) is 55.1 Å². The summed E-state index contributed by atoms with van der Waals surface area (Å²) in [4.78, 5) is 128. The van der Waals surface area contributed by atoms with Crippen LogP contribution in [-0.2, 0) is 68.8 Å². The number of phenolic OH excluding ortho intramolecular Hbond substituents is 2. The first-order chi connectivity index (χ1) is 41.5. The third kappa shape index (κ3) is 23.9. The van der Waals surface area contributed by atoms with E-state index in [0.29, 0.717) is 84.6 Å². The van der Waals surface area contributed by atoms with Crippen molar-refractivity contribution >= 4 is 92.0 Å². The lowest BCUT2D eigenvalue weighted by Crippen LogP contribution is -2.62. The Kier molecular flexibility index (Phi) is 29.0. The van der Waals surface area contributed by atoms with Gasteiger partial charge in [0.1, 0.15) is 53.8 Å². The Morgan fingerprint density at radius 2 is 1.10 bits per heavy atom. The number of primary amides is 1. The SMILES string of the molecule is C[C@@H](O)[C@@H]1NC(=O)[C@H](CCCCCN)NC(=O)[C@@H](Cc2ccc(NC(=O)[C@@H](N)CCCCN)cc2)NC(=O)[C@H](Cc2ccc(O)cc2)NC(=O)[C@H](NC(=O)[C@@H](N)Cc2ccc(Cl)cc2)CSSC[C@@H](C(=O)N[C@H](Cc2ccc(O)cc2)C(N)=O)NC1=O. The number of rotatable bonds is 25. The zero-order valence-corrected chi connectivity index (χ0v) is 50.6. The maximum absolute atomic E-state index is 14.9. The van der Waals surface area contributed by atoms with Crippen molar-refractivity contribution in [3.63, 3.8) is 0 Å². The minimum Gasteiger partial charge on any atom is -0.508 e. The topological polar surface area (TPSA) is 441 Å². The van der Waals surface area contributed by atoms with Gasteiger partial charge < -0.3 is 86.5 Å². The van der Waals surface area contributed by atoms with Crippen LogP contribution in [0.5, 0.6) is 11.5 Å². The van der Waals surface area contributed by atoms with Crippen molar-refractivity contribution in [3.05, 3.63) is 124 Å². The van der Waals surface area contributed by atoms with Gasteiger partial charge >= 0.3 is 0 Å². The van der Waals surface area contributed by atoms with Gasteiger partial charge in [0.15, 0.2) is 0 Å². The molecule has 25 nitrogen and oxygen atoms in total. The van der Waals surface area contributed by atoms with Crippen LogP contribution in [0, 0.1) is 0 Å². The highest BCUT2D eigenvalue weighted by Crippen LogP contribution is 2.25. The van der Waals surface area contributed by atoms with Crippen LogP contribution in [-0.4, -0.2) is 154 Å². The number of hydrogen-bond donors (Lipinski definition) is 16. The van der Waals surface area contributed by atoms with E-state index in [1.165, 1.54) is 55.5 Å². The van der Waals surface area contributed by atoms with Gasteiger partial charge in [0.25, 0.3) is 0 Å². The number of nitrogens with one attached hydrogen (secondary N) is 8. The molecule has 0 aromatic heterocycles. The molecule has 28 heteroatoms. The fourth-order valence-corrected chi connectivity index (χ4v) is 11.5. The summed E-state index contributed by atoms with van der Waals surface area (Å²) in [6.07, 6.45) is 0.915.